The highest BCUT2D eigenvalue weighted by Gasteiger charge is 2.20. The number of aromatic carboxylic acids is 1. The zero-order valence-corrected chi connectivity index (χ0v) is 18.2. The third-order valence-corrected chi connectivity index (χ3v) is 6.27. The molecule has 6 nitrogen and oxygen atoms in total. The van der Waals surface area contributed by atoms with Crippen LogP contribution < -0.4 is 9.62 Å². The van der Waals surface area contributed by atoms with Crippen LogP contribution in [0.5, 0.6) is 0 Å². The quantitative estimate of drug-likeness (QED) is 0.466. The molecule has 3 rings (SSSR count). The van der Waals surface area contributed by atoms with E-state index in [9.17, 15) is 18.3 Å². The van der Waals surface area contributed by atoms with Gasteiger partial charge in [-0.15, -0.1) is 0 Å². The maximum atomic E-state index is 12.6. The van der Waals surface area contributed by atoms with E-state index in [1.165, 1.54) is 18.2 Å². The van der Waals surface area contributed by atoms with Crippen molar-refractivity contribution in [1.29, 1.82) is 0 Å². The molecule has 0 amide bonds. The molecule has 0 saturated heterocycles. The van der Waals surface area contributed by atoms with Gasteiger partial charge in [0.2, 0.25) is 0 Å². The zero-order valence-electron chi connectivity index (χ0n) is 17.4. The van der Waals surface area contributed by atoms with Crippen molar-refractivity contribution in [3.63, 3.8) is 0 Å². The lowest BCUT2D eigenvalue weighted by Crippen LogP contribution is -2.26. The number of benzene rings is 3. The average Bonchev–Trinajstić information content (AvgIpc) is 2.77. The fourth-order valence-corrected chi connectivity index (χ4v) is 4.37. The highest BCUT2D eigenvalue weighted by Crippen LogP contribution is 2.28. The lowest BCUT2D eigenvalue weighted by molar-refractivity contribution is 0.0697. The van der Waals surface area contributed by atoms with Gasteiger partial charge in [-0.05, 0) is 42.3 Å². The van der Waals surface area contributed by atoms with Crippen LogP contribution in [0, 0.1) is 0 Å². The van der Waals surface area contributed by atoms with Gasteiger partial charge in [-0.1, -0.05) is 61.9 Å². The highest BCUT2D eigenvalue weighted by atomic mass is 32.2. The zero-order chi connectivity index (χ0) is 22.3. The van der Waals surface area contributed by atoms with E-state index >= 15 is 0 Å². The van der Waals surface area contributed by atoms with Crippen molar-refractivity contribution in [2.24, 2.45) is 0 Å². The first kappa shape index (κ1) is 22.4. The Morgan fingerprint density at radius 1 is 0.968 bits per heavy atom. The molecule has 0 heterocycles. The molecule has 0 bridgehead atoms. The standard InChI is InChI=1S/C24H26N2O4S/c1-2-3-16-26(18-19-10-6-4-7-11-19)23-15-14-20(17-22(23)24(27)28)25-31(29,30)21-12-8-5-9-13-21/h4-15,17,25H,2-3,16,18H2,1H3,(H,27,28). The maximum Gasteiger partial charge on any atom is 0.337 e. The number of nitrogens with one attached hydrogen (secondary N) is 1. The summed E-state index contributed by atoms with van der Waals surface area (Å²) >= 11 is 0. The monoisotopic (exact) mass is 438 g/mol. The van der Waals surface area contributed by atoms with Crippen LogP contribution >= 0.6 is 0 Å². The number of hydrogen-bond donors (Lipinski definition) is 2. The van der Waals surface area contributed by atoms with Gasteiger partial charge in [0, 0.05) is 18.8 Å². The second-order valence-electron chi connectivity index (χ2n) is 7.22. The lowest BCUT2D eigenvalue weighted by atomic mass is 10.1. The maximum absolute atomic E-state index is 12.6. The Morgan fingerprint density at radius 2 is 1.61 bits per heavy atom. The number of carboxylic acid groups (broad SMARTS) is 1. The third-order valence-electron chi connectivity index (χ3n) is 4.87. The molecule has 0 fully saturated rings. The van der Waals surface area contributed by atoms with Crippen molar-refractivity contribution in [2.75, 3.05) is 16.2 Å². The van der Waals surface area contributed by atoms with Crippen LogP contribution in [-0.4, -0.2) is 26.0 Å². The minimum Gasteiger partial charge on any atom is -0.478 e. The molecular formula is C24H26N2O4S. The van der Waals surface area contributed by atoms with E-state index < -0.39 is 16.0 Å². The van der Waals surface area contributed by atoms with E-state index in [4.69, 9.17) is 0 Å². The number of hydrogen-bond acceptors (Lipinski definition) is 4. The van der Waals surface area contributed by atoms with Crippen LogP contribution in [0.25, 0.3) is 0 Å². The minimum absolute atomic E-state index is 0.0558. The normalized spacial score (nSPS) is 11.1. The number of anilines is 2. The molecule has 0 aliphatic rings. The molecule has 162 valence electrons. The molecule has 0 aliphatic heterocycles. The van der Waals surface area contributed by atoms with E-state index in [-0.39, 0.29) is 16.1 Å². The molecule has 0 saturated carbocycles. The Labute approximate surface area is 183 Å². The first-order valence-corrected chi connectivity index (χ1v) is 11.6. The Bertz CT molecular complexity index is 1120. The lowest BCUT2D eigenvalue weighted by Gasteiger charge is -2.27. The Hall–Kier alpha value is -3.32. The summed E-state index contributed by atoms with van der Waals surface area (Å²) in [5, 5.41) is 9.84. The molecule has 7 heteroatoms. The van der Waals surface area contributed by atoms with Gasteiger partial charge in [-0.2, -0.15) is 0 Å². The first-order valence-electron chi connectivity index (χ1n) is 10.1. The van der Waals surface area contributed by atoms with Crippen molar-refractivity contribution in [1.82, 2.24) is 0 Å². The van der Waals surface area contributed by atoms with Crippen LogP contribution in [-0.2, 0) is 16.6 Å². The molecule has 0 aliphatic carbocycles. The van der Waals surface area contributed by atoms with Crippen molar-refractivity contribution in [3.05, 3.63) is 90.0 Å². The van der Waals surface area contributed by atoms with Gasteiger partial charge in [-0.3, -0.25) is 4.72 Å². The van der Waals surface area contributed by atoms with E-state index in [1.54, 1.807) is 30.3 Å². The van der Waals surface area contributed by atoms with Gasteiger partial charge >= 0.3 is 5.97 Å². The second kappa shape index (κ2) is 10.1. The smallest absolute Gasteiger partial charge is 0.337 e. The van der Waals surface area contributed by atoms with Gasteiger partial charge in [0.15, 0.2) is 0 Å². The summed E-state index contributed by atoms with van der Waals surface area (Å²) in [5.74, 6) is -1.11. The summed E-state index contributed by atoms with van der Waals surface area (Å²) < 4.78 is 27.7. The van der Waals surface area contributed by atoms with Crippen LogP contribution in [0.1, 0.15) is 35.7 Å². The number of sulfonamides is 1. The summed E-state index contributed by atoms with van der Waals surface area (Å²) in [5.41, 5.74) is 1.90. The fraction of sp³-hybridized carbons (Fsp3) is 0.208. The largest absolute Gasteiger partial charge is 0.478 e. The van der Waals surface area contributed by atoms with Crippen LogP contribution in [0.15, 0.2) is 83.8 Å². The molecule has 0 radical (unpaired) electrons. The van der Waals surface area contributed by atoms with E-state index in [0.29, 0.717) is 18.8 Å². The van der Waals surface area contributed by atoms with Crippen LogP contribution in [0.4, 0.5) is 11.4 Å². The number of nitrogens with zero attached hydrogens (tertiary/aromatic N) is 1. The molecule has 3 aromatic carbocycles. The Balaban J connectivity index is 1.93. The predicted molar refractivity (Wildman–Crippen MR) is 123 cm³/mol. The van der Waals surface area contributed by atoms with Crippen molar-refractivity contribution in [2.45, 2.75) is 31.2 Å². The molecule has 0 unspecified atom stereocenters. The van der Waals surface area contributed by atoms with E-state index in [1.807, 2.05) is 35.2 Å². The summed E-state index contributed by atoms with van der Waals surface area (Å²) in [6, 6.07) is 22.5. The molecular weight excluding hydrogens is 412 g/mol. The number of carbonyl (C=O) groups is 1. The van der Waals surface area contributed by atoms with Gasteiger partial charge in [-0.25, -0.2) is 13.2 Å². The predicted octanol–water partition coefficient (Wildman–Crippen LogP) is 4.99. The molecule has 0 spiro atoms. The van der Waals surface area contributed by atoms with Crippen LogP contribution in [0.2, 0.25) is 0 Å². The van der Waals surface area contributed by atoms with Crippen molar-refractivity contribution < 1.29 is 18.3 Å². The van der Waals surface area contributed by atoms with Gasteiger partial charge < -0.3 is 10.0 Å². The summed E-state index contributed by atoms with van der Waals surface area (Å²) in [6.07, 6.45) is 1.89. The van der Waals surface area contributed by atoms with Crippen LogP contribution in [0.3, 0.4) is 0 Å². The minimum atomic E-state index is -3.81. The van der Waals surface area contributed by atoms with Gasteiger partial charge in [0.25, 0.3) is 10.0 Å². The van der Waals surface area contributed by atoms with Crippen molar-refractivity contribution in [3.8, 4) is 0 Å². The molecule has 0 aromatic heterocycles. The molecule has 31 heavy (non-hydrogen) atoms. The molecule has 3 aromatic rings. The summed E-state index contributed by atoms with van der Waals surface area (Å²) in [6.45, 7) is 3.34. The number of rotatable bonds is 10. The molecule has 0 atom stereocenters. The molecule has 2 N–H and O–H groups in total. The topological polar surface area (TPSA) is 86.7 Å². The fourth-order valence-electron chi connectivity index (χ4n) is 3.30. The third kappa shape index (κ3) is 5.86. The number of unbranched alkanes of at least 4 members (excludes halogenated alkanes) is 1. The summed E-state index contributed by atoms with van der Waals surface area (Å²) in [7, 11) is -3.81. The second-order valence-corrected chi connectivity index (χ2v) is 8.90. The Kier molecular flexibility index (Phi) is 7.31. The van der Waals surface area contributed by atoms with Crippen molar-refractivity contribution >= 4 is 27.4 Å². The summed E-state index contributed by atoms with van der Waals surface area (Å²) in [4.78, 5) is 14.2. The Morgan fingerprint density at radius 3 is 2.23 bits per heavy atom. The van der Waals surface area contributed by atoms with Gasteiger partial charge in [0.1, 0.15) is 0 Å². The first-order chi connectivity index (χ1) is 14.9. The number of carboxylic acids is 1. The average molecular weight is 439 g/mol. The van der Waals surface area contributed by atoms with E-state index in [0.717, 1.165) is 18.4 Å². The highest BCUT2D eigenvalue weighted by molar-refractivity contribution is 7.92. The van der Waals surface area contributed by atoms with Gasteiger partial charge in [0.05, 0.1) is 16.1 Å². The SMILES string of the molecule is CCCCN(Cc1ccccc1)c1ccc(NS(=O)(=O)c2ccccc2)cc1C(=O)O. The van der Waals surface area contributed by atoms with E-state index in [2.05, 4.69) is 11.6 Å².